The van der Waals surface area contributed by atoms with Crippen LogP contribution in [0.1, 0.15) is 0 Å². The van der Waals surface area contributed by atoms with Crippen molar-refractivity contribution < 1.29 is 4.42 Å². The number of hydrogen-bond acceptors (Lipinski definition) is 3. The van der Waals surface area contributed by atoms with E-state index < -0.39 is 0 Å². The molecule has 188 valence electrons. The molecule has 0 spiro atoms. The number of fused-ring (bicyclic) bond motifs is 4. The van der Waals surface area contributed by atoms with E-state index in [2.05, 4.69) is 115 Å². The van der Waals surface area contributed by atoms with Crippen LogP contribution >= 0.6 is 11.3 Å². The maximum absolute atomic E-state index is 6.37. The van der Waals surface area contributed by atoms with E-state index in [1.165, 1.54) is 27.0 Å². The van der Waals surface area contributed by atoms with Gasteiger partial charge >= 0.3 is 0 Å². The smallest absolute Gasteiger partial charge is 0.136 e. The minimum absolute atomic E-state index is 0.883. The zero-order chi connectivity index (χ0) is 26.5. The number of rotatable bonds is 4. The van der Waals surface area contributed by atoms with E-state index >= 15 is 0 Å². The normalized spacial score (nSPS) is 11.5. The van der Waals surface area contributed by atoms with Crippen LogP contribution in [0.2, 0.25) is 0 Å². The minimum Gasteiger partial charge on any atom is -0.456 e. The van der Waals surface area contributed by atoms with Crippen molar-refractivity contribution >= 4 is 43.5 Å². The van der Waals surface area contributed by atoms with Gasteiger partial charge in [0.25, 0.3) is 0 Å². The van der Waals surface area contributed by atoms with Crippen molar-refractivity contribution in [2.24, 2.45) is 0 Å². The van der Waals surface area contributed by atoms with Gasteiger partial charge in [0.15, 0.2) is 0 Å². The van der Waals surface area contributed by atoms with Gasteiger partial charge < -0.3 is 4.42 Å². The third-order valence-corrected chi connectivity index (χ3v) is 8.62. The van der Waals surface area contributed by atoms with Gasteiger partial charge in [-0.3, -0.25) is 0 Å². The average molecular weight is 530 g/mol. The largest absolute Gasteiger partial charge is 0.456 e. The van der Waals surface area contributed by atoms with Gasteiger partial charge in [0.2, 0.25) is 0 Å². The summed E-state index contributed by atoms with van der Waals surface area (Å²) in [6.07, 6.45) is 0. The summed E-state index contributed by atoms with van der Waals surface area (Å²) in [5.41, 5.74) is 11.0. The summed E-state index contributed by atoms with van der Waals surface area (Å²) in [6.45, 7) is 0. The Bertz CT molecular complexity index is 2100. The number of thiazole rings is 1. The van der Waals surface area contributed by atoms with Gasteiger partial charge in [0, 0.05) is 16.3 Å². The molecule has 0 unspecified atom stereocenters. The summed E-state index contributed by atoms with van der Waals surface area (Å²) in [4.78, 5) is 5.01. The SMILES string of the molecule is c1ccc(-c2ccc(-c3ccc(-c4cc(-c5nc6ccccc6s5)c5c(c4)oc4ccccc45)cc3)cc2)cc1. The summed E-state index contributed by atoms with van der Waals surface area (Å²) in [7, 11) is 0. The third-order valence-electron chi connectivity index (χ3n) is 7.55. The minimum atomic E-state index is 0.883. The lowest BCUT2D eigenvalue weighted by Crippen LogP contribution is -1.85. The molecule has 0 atom stereocenters. The molecule has 0 aliphatic rings. The van der Waals surface area contributed by atoms with Crippen molar-refractivity contribution in [3.63, 3.8) is 0 Å². The molecule has 40 heavy (non-hydrogen) atoms. The van der Waals surface area contributed by atoms with E-state index in [9.17, 15) is 0 Å². The second-order valence-corrected chi connectivity index (χ2v) is 11.0. The quantitative estimate of drug-likeness (QED) is 0.227. The van der Waals surface area contributed by atoms with Gasteiger partial charge in [0.05, 0.1) is 10.2 Å². The molecule has 0 saturated heterocycles. The molecule has 0 saturated carbocycles. The number of para-hydroxylation sites is 2. The molecule has 0 aliphatic carbocycles. The number of aromatic nitrogens is 1. The van der Waals surface area contributed by atoms with E-state index in [0.29, 0.717) is 0 Å². The van der Waals surface area contributed by atoms with Crippen LogP contribution < -0.4 is 0 Å². The molecule has 3 heteroatoms. The van der Waals surface area contributed by atoms with E-state index in [4.69, 9.17) is 9.40 Å². The molecule has 0 amide bonds. The van der Waals surface area contributed by atoms with Gasteiger partial charge in [0.1, 0.15) is 16.2 Å². The Labute approximate surface area is 235 Å². The maximum Gasteiger partial charge on any atom is 0.136 e. The van der Waals surface area contributed by atoms with Gasteiger partial charge in [-0.15, -0.1) is 11.3 Å². The Morgan fingerprint density at radius 1 is 0.475 bits per heavy atom. The Morgan fingerprint density at radius 3 is 1.75 bits per heavy atom. The molecule has 2 nitrogen and oxygen atoms in total. The van der Waals surface area contributed by atoms with Crippen molar-refractivity contribution in [2.75, 3.05) is 0 Å². The van der Waals surface area contributed by atoms with Crippen molar-refractivity contribution in [3.05, 3.63) is 140 Å². The molecular weight excluding hydrogens is 506 g/mol. The fourth-order valence-electron chi connectivity index (χ4n) is 5.52. The topological polar surface area (TPSA) is 26.0 Å². The van der Waals surface area contributed by atoms with Crippen molar-refractivity contribution in [3.8, 4) is 44.0 Å². The molecule has 2 heterocycles. The molecule has 0 N–H and O–H groups in total. The zero-order valence-electron chi connectivity index (χ0n) is 21.5. The molecule has 8 rings (SSSR count). The first-order chi connectivity index (χ1) is 19.8. The molecule has 8 aromatic rings. The molecule has 6 aromatic carbocycles. The van der Waals surface area contributed by atoms with Gasteiger partial charge in [-0.25, -0.2) is 4.98 Å². The highest BCUT2D eigenvalue weighted by atomic mass is 32.1. The van der Waals surface area contributed by atoms with Crippen molar-refractivity contribution in [1.82, 2.24) is 4.98 Å². The summed E-state index contributed by atoms with van der Waals surface area (Å²) in [5.74, 6) is 0. The number of nitrogens with zero attached hydrogens (tertiary/aromatic N) is 1. The highest BCUT2D eigenvalue weighted by Crippen LogP contribution is 2.42. The van der Waals surface area contributed by atoms with Crippen LogP contribution in [-0.4, -0.2) is 4.98 Å². The summed E-state index contributed by atoms with van der Waals surface area (Å²) in [5, 5.41) is 3.25. The lowest BCUT2D eigenvalue weighted by atomic mass is 9.96. The number of furan rings is 1. The summed E-state index contributed by atoms with van der Waals surface area (Å²) in [6, 6.07) is 49.1. The second kappa shape index (κ2) is 9.33. The van der Waals surface area contributed by atoms with E-state index in [1.807, 2.05) is 24.3 Å². The third kappa shape index (κ3) is 3.91. The molecule has 0 radical (unpaired) electrons. The zero-order valence-corrected chi connectivity index (χ0v) is 22.4. The molecule has 0 aliphatic heterocycles. The maximum atomic E-state index is 6.37. The van der Waals surface area contributed by atoms with E-state index in [1.54, 1.807) is 11.3 Å². The van der Waals surface area contributed by atoms with E-state index in [-0.39, 0.29) is 0 Å². The molecule has 0 bridgehead atoms. The van der Waals surface area contributed by atoms with Crippen molar-refractivity contribution in [2.45, 2.75) is 0 Å². The van der Waals surface area contributed by atoms with Crippen LogP contribution in [0.15, 0.2) is 144 Å². The second-order valence-electron chi connectivity index (χ2n) is 10.0. The van der Waals surface area contributed by atoms with Gasteiger partial charge in [-0.2, -0.15) is 0 Å². The van der Waals surface area contributed by atoms with Crippen LogP contribution in [0.5, 0.6) is 0 Å². The molecule has 0 fully saturated rings. The molecular formula is C37H23NOS. The lowest BCUT2D eigenvalue weighted by molar-refractivity contribution is 0.669. The first kappa shape index (κ1) is 22.9. The summed E-state index contributed by atoms with van der Waals surface area (Å²) < 4.78 is 7.55. The fourth-order valence-corrected chi connectivity index (χ4v) is 6.51. The monoisotopic (exact) mass is 529 g/mol. The Balaban J connectivity index is 1.22. The van der Waals surface area contributed by atoms with Gasteiger partial charge in [-0.1, -0.05) is 109 Å². The Morgan fingerprint density at radius 2 is 1.05 bits per heavy atom. The molecule has 2 aromatic heterocycles. The predicted molar refractivity (Wildman–Crippen MR) is 169 cm³/mol. The fraction of sp³-hybridized carbons (Fsp3) is 0. The first-order valence-electron chi connectivity index (χ1n) is 13.4. The van der Waals surface area contributed by atoms with Gasteiger partial charge in [-0.05, 0) is 63.7 Å². The lowest BCUT2D eigenvalue weighted by Gasteiger charge is -2.09. The highest BCUT2D eigenvalue weighted by Gasteiger charge is 2.17. The predicted octanol–water partition coefficient (Wildman–Crippen LogP) is 10.9. The van der Waals surface area contributed by atoms with E-state index in [0.717, 1.165) is 49.2 Å². The highest BCUT2D eigenvalue weighted by molar-refractivity contribution is 7.21. The Hall–Kier alpha value is -4.99. The first-order valence-corrected chi connectivity index (χ1v) is 14.2. The van der Waals surface area contributed by atoms with Crippen LogP contribution in [0, 0.1) is 0 Å². The standard InChI is InChI=1S/C37H23NOS/c1-2-8-24(9-3-1)25-14-16-26(17-15-25)27-18-20-28(21-19-27)29-22-31(37-38-32-11-5-7-13-35(32)40-37)36-30-10-4-6-12-33(30)39-34(36)23-29/h1-23H. The van der Waals surface area contributed by atoms with Crippen LogP contribution in [-0.2, 0) is 0 Å². The Kier molecular flexibility index (Phi) is 5.35. The number of benzene rings is 6. The number of hydrogen-bond donors (Lipinski definition) is 0. The van der Waals surface area contributed by atoms with Crippen molar-refractivity contribution in [1.29, 1.82) is 0 Å². The van der Waals surface area contributed by atoms with Crippen LogP contribution in [0.4, 0.5) is 0 Å². The van der Waals surface area contributed by atoms with Crippen LogP contribution in [0.25, 0.3) is 76.1 Å². The average Bonchev–Trinajstić information content (AvgIpc) is 3.63. The summed E-state index contributed by atoms with van der Waals surface area (Å²) >= 11 is 1.73. The van der Waals surface area contributed by atoms with Crippen LogP contribution in [0.3, 0.4) is 0 Å².